The number of fused-ring (bicyclic) bond motifs is 1. The average Bonchev–Trinajstić information content (AvgIpc) is 2.59. The Hall–Kier alpha value is -0.680. The maximum absolute atomic E-state index is 11.6. The van der Waals surface area contributed by atoms with E-state index in [0.717, 1.165) is 0 Å². The van der Waals surface area contributed by atoms with E-state index >= 15 is 0 Å². The lowest BCUT2D eigenvalue weighted by Crippen LogP contribution is -2.08. The first kappa shape index (κ1) is 13.7. The summed E-state index contributed by atoms with van der Waals surface area (Å²) in [6.07, 6.45) is -1.26. The fraction of sp³-hybridized carbons (Fsp3) is 0.200. The minimum absolute atomic E-state index is 0.0295. The molecule has 1 aliphatic rings. The van der Waals surface area contributed by atoms with Crippen LogP contribution in [0.3, 0.4) is 0 Å². The van der Waals surface area contributed by atoms with Crippen molar-refractivity contribution < 1.29 is 19.1 Å². The molecule has 0 saturated heterocycles. The average molecular weight is 330 g/mol. The molecule has 0 fully saturated rings. The van der Waals surface area contributed by atoms with Crippen molar-refractivity contribution in [2.24, 2.45) is 0 Å². The molecular weight excluding hydrogens is 326 g/mol. The topological polar surface area (TPSA) is 52.6 Å². The van der Waals surface area contributed by atoms with Crippen LogP contribution in [0.4, 0.5) is 0 Å². The van der Waals surface area contributed by atoms with Gasteiger partial charge in [0, 0.05) is 6.92 Å². The lowest BCUT2D eigenvalue weighted by molar-refractivity contribution is -0.164. The summed E-state index contributed by atoms with van der Waals surface area (Å²) >= 11 is 23.5. The number of carbonyl (C=O) groups excluding carboxylic acids is 2. The van der Waals surface area contributed by atoms with Gasteiger partial charge in [-0.2, -0.15) is 0 Å². The smallest absolute Gasteiger partial charge is 0.343 e. The number of carbonyl (C=O) groups is 2. The third-order valence-electron chi connectivity index (χ3n) is 2.23. The molecule has 1 heterocycles. The lowest BCUT2D eigenvalue weighted by atomic mass is 10.1. The molecule has 0 amide bonds. The van der Waals surface area contributed by atoms with E-state index in [4.69, 9.17) is 55.9 Å². The van der Waals surface area contributed by atoms with E-state index in [0.29, 0.717) is 0 Å². The zero-order valence-corrected chi connectivity index (χ0v) is 11.7. The summed E-state index contributed by atoms with van der Waals surface area (Å²) in [7, 11) is 0. The highest BCUT2D eigenvalue weighted by Gasteiger charge is 2.40. The largest absolute Gasteiger partial charge is 0.421 e. The van der Waals surface area contributed by atoms with Crippen LogP contribution in [0, 0.1) is 0 Å². The summed E-state index contributed by atoms with van der Waals surface area (Å²) in [4.78, 5) is 22.6. The minimum Gasteiger partial charge on any atom is -0.421 e. The van der Waals surface area contributed by atoms with Crippen molar-refractivity contribution in [1.29, 1.82) is 0 Å². The van der Waals surface area contributed by atoms with Gasteiger partial charge in [0.05, 0.1) is 31.2 Å². The van der Waals surface area contributed by atoms with E-state index in [2.05, 4.69) is 0 Å². The van der Waals surface area contributed by atoms with Crippen LogP contribution in [0.15, 0.2) is 0 Å². The van der Waals surface area contributed by atoms with Crippen LogP contribution in [0.1, 0.15) is 29.1 Å². The summed E-state index contributed by atoms with van der Waals surface area (Å²) < 4.78 is 9.66. The van der Waals surface area contributed by atoms with Gasteiger partial charge >= 0.3 is 11.9 Å². The first-order valence-corrected chi connectivity index (χ1v) is 6.09. The molecule has 2 rings (SSSR count). The zero-order chi connectivity index (χ0) is 13.6. The molecule has 0 radical (unpaired) electrons. The maximum atomic E-state index is 11.6. The van der Waals surface area contributed by atoms with Crippen LogP contribution in [0.25, 0.3) is 0 Å². The molecule has 0 spiro atoms. The van der Waals surface area contributed by atoms with Crippen LogP contribution in [-0.4, -0.2) is 11.9 Å². The lowest BCUT2D eigenvalue weighted by Gasteiger charge is -2.12. The number of rotatable bonds is 1. The van der Waals surface area contributed by atoms with Crippen molar-refractivity contribution in [2.45, 2.75) is 13.2 Å². The number of halogens is 4. The minimum atomic E-state index is -1.26. The van der Waals surface area contributed by atoms with Gasteiger partial charge in [0.15, 0.2) is 0 Å². The highest BCUT2D eigenvalue weighted by molar-refractivity contribution is 6.53. The number of hydrogen-bond donors (Lipinski definition) is 0. The predicted octanol–water partition coefficient (Wildman–Crippen LogP) is 4.03. The van der Waals surface area contributed by atoms with E-state index in [1.54, 1.807) is 0 Å². The molecule has 0 saturated carbocycles. The Morgan fingerprint density at radius 2 is 1.67 bits per heavy atom. The van der Waals surface area contributed by atoms with Crippen molar-refractivity contribution in [1.82, 2.24) is 0 Å². The summed E-state index contributed by atoms with van der Waals surface area (Å²) in [5, 5.41) is -0.195. The number of cyclic esters (lactones) is 1. The van der Waals surface area contributed by atoms with Gasteiger partial charge in [-0.15, -0.1) is 0 Å². The Labute approximate surface area is 122 Å². The SMILES string of the molecule is CC(=O)OC1OC(=O)c2c(Cl)c(Cl)c(Cl)c(Cl)c21. The summed E-state index contributed by atoms with van der Waals surface area (Å²) in [6.45, 7) is 1.17. The first-order valence-electron chi connectivity index (χ1n) is 4.58. The Kier molecular flexibility index (Phi) is 3.65. The monoisotopic (exact) mass is 328 g/mol. The van der Waals surface area contributed by atoms with E-state index in [1.165, 1.54) is 6.92 Å². The summed E-state index contributed by atoms with van der Waals surface area (Å²) in [6, 6.07) is 0. The van der Waals surface area contributed by atoms with Crippen LogP contribution in [-0.2, 0) is 14.3 Å². The van der Waals surface area contributed by atoms with Crippen molar-refractivity contribution in [3.63, 3.8) is 0 Å². The van der Waals surface area contributed by atoms with Crippen molar-refractivity contribution >= 4 is 58.3 Å². The molecule has 1 aromatic carbocycles. The fourth-order valence-corrected chi connectivity index (χ4v) is 2.55. The highest BCUT2D eigenvalue weighted by Crippen LogP contribution is 2.48. The van der Waals surface area contributed by atoms with E-state index in [1.807, 2.05) is 0 Å². The van der Waals surface area contributed by atoms with Crippen LogP contribution >= 0.6 is 46.4 Å². The van der Waals surface area contributed by atoms with Gasteiger partial charge in [-0.25, -0.2) is 4.79 Å². The third-order valence-corrected chi connectivity index (χ3v) is 4.05. The van der Waals surface area contributed by atoms with Gasteiger partial charge in [0.25, 0.3) is 6.29 Å². The second kappa shape index (κ2) is 4.78. The molecule has 1 aromatic rings. The number of ether oxygens (including phenoxy) is 2. The molecular formula is C10H4Cl4O4. The van der Waals surface area contributed by atoms with Crippen molar-refractivity contribution in [3.8, 4) is 0 Å². The molecule has 0 aliphatic carbocycles. The molecule has 18 heavy (non-hydrogen) atoms. The molecule has 0 bridgehead atoms. The van der Waals surface area contributed by atoms with Crippen LogP contribution < -0.4 is 0 Å². The number of benzene rings is 1. The fourth-order valence-electron chi connectivity index (χ4n) is 1.52. The van der Waals surface area contributed by atoms with Gasteiger partial charge in [-0.1, -0.05) is 46.4 Å². The van der Waals surface area contributed by atoms with E-state index in [-0.39, 0.29) is 31.2 Å². The molecule has 8 heteroatoms. The molecule has 0 aromatic heterocycles. The summed E-state index contributed by atoms with van der Waals surface area (Å²) in [5.41, 5.74) is 0.0681. The van der Waals surface area contributed by atoms with Gasteiger partial charge in [-0.3, -0.25) is 4.79 Å². The molecule has 1 aliphatic heterocycles. The van der Waals surface area contributed by atoms with E-state index < -0.39 is 18.2 Å². The van der Waals surface area contributed by atoms with Gasteiger partial charge in [-0.05, 0) is 0 Å². The van der Waals surface area contributed by atoms with Crippen molar-refractivity contribution in [2.75, 3.05) is 0 Å². The highest BCUT2D eigenvalue weighted by atomic mass is 35.5. The summed E-state index contributed by atoms with van der Waals surface area (Å²) in [5.74, 6) is -1.42. The number of esters is 2. The quantitative estimate of drug-likeness (QED) is 0.443. The van der Waals surface area contributed by atoms with E-state index in [9.17, 15) is 9.59 Å². The molecule has 96 valence electrons. The standard InChI is InChI=1S/C10H4Cl4O4/c1-2(15)17-10-4-3(9(16)18-10)5(11)7(13)8(14)6(4)12/h10H,1H3. The zero-order valence-electron chi connectivity index (χ0n) is 8.72. The second-order valence-electron chi connectivity index (χ2n) is 3.39. The first-order chi connectivity index (χ1) is 8.34. The van der Waals surface area contributed by atoms with Crippen molar-refractivity contribution in [3.05, 3.63) is 31.2 Å². The number of hydrogen-bond acceptors (Lipinski definition) is 4. The second-order valence-corrected chi connectivity index (χ2v) is 4.90. The normalized spacial score (nSPS) is 17.4. The van der Waals surface area contributed by atoms with Gasteiger partial charge in [0.2, 0.25) is 0 Å². The van der Waals surface area contributed by atoms with Gasteiger partial charge < -0.3 is 9.47 Å². The third kappa shape index (κ3) is 2.03. The molecule has 1 atom stereocenters. The molecule has 1 unspecified atom stereocenters. The van der Waals surface area contributed by atoms with Gasteiger partial charge in [0.1, 0.15) is 0 Å². The molecule has 4 nitrogen and oxygen atoms in total. The Balaban J connectivity index is 2.67. The van der Waals surface area contributed by atoms with Crippen LogP contribution in [0.2, 0.25) is 20.1 Å². The maximum Gasteiger partial charge on any atom is 0.343 e. The van der Waals surface area contributed by atoms with Crippen LogP contribution in [0.5, 0.6) is 0 Å². The Morgan fingerprint density at radius 1 is 1.11 bits per heavy atom. The predicted molar refractivity (Wildman–Crippen MR) is 66.4 cm³/mol. The molecule has 0 N–H and O–H groups in total. The Morgan fingerprint density at radius 3 is 2.22 bits per heavy atom. The Bertz CT molecular complexity index is 570.